The first-order chi connectivity index (χ1) is 11.1. The largest absolute Gasteiger partial charge is 0.313 e. The van der Waals surface area contributed by atoms with Crippen molar-refractivity contribution in [3.63, 3.8) is 0 Å². The van der Waals surface area contributed by atoms with Gasteiger partial charge in [-0.3, -0.25) is 9.48 Å². The molecule has 0 saturated heterocycles. The van der Waals surface area contributed by atoms with Gasteiger partial charge < -0.3 is 5.32 Å². The van der Waals surface area contributed by atoms with Crippen molar-refractivity contribution in [2.45, 2.75) is 26.2 Å². The van der Waals surface area contributed by atoms with Crippen LogP contribution in [0.1, 0.15) is 34.9 Å². The Kier molecular flexibility index (Phi) is 4.30. The molecule has 0 saturated carbocycles. The number of carbonyl (C=O) groups is 1. The molecule has 1 aliphatic carbocycles. The average Bonchev–Trinajstić information content (AvgIpc) is 3.07. The number of nitrogens with one attached hydrogen (secondary N) is 1. The van der Waals surface area contributed by atoms with Crippen LogP contribution in [0.15, 0.2) is 18.5 Å². The lowest BCUT2D eigenvalue weighted by Gasteiger charge is -2.17. The summed E-state index contributed by atoms with van der Waals surface area (Å²) >= 11 is 1.54. The van der Waals surface area contributed by atoms with E-state index < -0.39 is 0 Å². The van der Waals surface area contributed by atoms with Gasteiger partial charge in [0.1, 0.15) is 11.1 Å². The number of fused-ring (bicyclic) bond motifs is 1. The summed E-state index contributed by atoms with van der Waals surface area (Å²) in [6.07, 6.45) is 9.73. The summed E-state index contributed by atoms with van der Waals surface area (Å²) in [6.45, 7) is 2.23. The van der Waals surface area contributed by atoms with Crippen molar-refractivity contribution in [2.24, 2.45) is 13.0 Å². The van der Waals surface area contributed by atoms with Crippen molar-refractivity contribution in [1.29, 1.82) is 5.26 Å². The van der Waals surface area contributed by atoms with E-state index in [-0.39, 0.29) is 5.91 Å². The molecule has 1 N–H and O–H groups in total. The number of aromatic nitrogens is 2. The van der Waals surface area contributed by atoms with Crippen LogP contribution < -0.4 is 5.32 Å². The number of anilines is 1. The third-order valence-corrected chi connectivity index (χ3v) is 5.18. The van der Waals surface area contributed by atoms with Gasteiger partial charge in [-0.2, -0.15) is 10.4 Å². The summed E-state index contributed by atoms with van der Waals surface area (Å²) in [5, 5.41) is 17.0. The van der Waals surface area contributed by atoms with Gasteiger partial charge in [0.05, 0.1) is 11.8 Å². The van der Waals surface area contributed by atoms with Crippen LogP contribution in [0.3, 0.4) is 0 Å². The molecule has 5 nitrogen and oxygen atoms in total. The maximum Gasteiger partial charge on any atom is 0.249 e. The summed E-state index contributed by atoms with van der Waals surface area (Å²) in [5.41, 5.74) is 2.63. The van der Waals surface area contributed by atoms with Crippen molar-refractivity contribution in [3.8, 4) is 6.07 Å². The van der Waals surface area contributed by atoms with Gasteiger partial charge >= 0.3 is 0 Å². The highest BCUT2D eigenvalue weighted by Gasteiger charge is 2.24. The first kappa shape index (κ1) is 15.5. The lowest BCUT2D eigenvalue weighted by molar-refractivity contribution is -0.111. The van der Waals surface area contributed by atoms with Crippen molar-refractivity contribution in [3.05, 3.63) is 40.0 Å². The highest BCUT2D eigenvalue weighted by Crippen LogP contribution is 2.39. The molecule has 0 radical (unpaired) electrons. The van der Waals surface area contributed by atoms with E-state index in [9.17, 15) is 10.1 Å². The predicted octanol–water partition coefficient (Wildman–Crippen LogP) is 3.13. The predicted molar refractivity (Wildman–Crippen MR) is 91.1 cm³/mol. The summed E-state index contributed by atoms with van der Waals surface area (Å²) in [6, 6.07) is 2.26. The highest BCUT2D eigenvalue weighted by molar-refractivity contribution is 7.16. The Labute approximate surface area is 139 Å². The molecule has 1 atom stereocenters. The quantitative estimate of drug-likeness (QED) is 0.881. The second kappa shape index (κ2) is 6.39. The summed E-state index contributed by atoms with van der Waals surface area (Å²) in [5.74, 6) is 0.415. The van der Waals surface area contributed by atoms with Crippen LogP contribution in [0.4, 0.5) is 5.00 Å². The van der Waals surface area contributed by atoms with E-state index in [1.54, 1.807) is 17.0 Å². The van der Waals surface area contributed by atoms with Gasteiger partial charge in [-0.1, -0.05) is 6.92 Å². The number of hydrogen-bond acceptors (Lipinski definition) is 4. The molecule has 2 heterocycles. The Morgan fingerprint density at radius 3 is 3.13 bits per heavy atom. The van der Waals surface area contributed by atoms with E-state index >= 15 is 0 Å². The van der Waals surface area contributed by atoms with Crippen LogP contribution in [-0.4, -0.2) is 15.7 Å². The SMILES string of the molecule is C[C@@H]1CCc2c(sc(NC(=O)/C=C/c3cnn(C)c3)c2C#N)C1. The van der Waals surface area contributed by atoms with Gasteiger partial charge in [-0.25, -0.2) is 0 Å². The monoisotopic (exact) mass is 326 g/mol. The van der Waals surface area contributed by atoms with Crippen molar-refractivity contribution in [1.82, 2.24) is 9.78 Å². The van der Waals surface area contributed by atoms with Gasteiger partial charge in [0.2, 0.25) is 5.91 Å². The summed E-state index contributed by atoms with van der Waals surface area (Å²) < 4.78 is 1.68. The molecule has 118 valence electrons. The first-order valence-corrected chi connectivity index (χ1v) is 8.41. The lowest BCUT2D eigenvalue weighted by atomic mass is 9.89. The number of aryl methyl sites for hydroxylation is 1. The zero-order valence-corrected chi connectivity index (χ0v) is 14.0. The number of rotatable bonds is 3. The minimum absolute atomic E-state index is 0.225. The number of thiophene rings is 1. The molecule has 2 aromatic rings. The Morgan fingerprint density at radius 2 is 2.43 bits per heavy atom. The smallest absolute Gasteiger partial charge is 0.249 e. The molecule has 1 amide bonds. The van der Waals surface area contributed by atoms with E-state index in [0.29, 0.717) is 16.5 Å². The minimum Gasteiger partial charge on any atom is -0.313 e. The van der Waals surface area contributed by atoms with Crippen LogP contribution >= 0.6 is 11.3 Å². The standard InChI is InChI=1S/C17H18N4OS/c1-11-3-5-13-14(8-18)17(23-15(13)7-11)20-16(22)6-4-12-9-19-21(2)10-12/h4,6,9-11H,3,5,7H2,1-2H3,(H,20,22)/b6-4+/t11-/m1/s1. The zero-order chi connectivity index (χ0) is 16.4. The van der Waals surface area contributed by atoms with Crippen molar-refractivity contribution in [2.75, 3.05) is 5.32 Å². The second-order valence-electron chi connectivity index (χ2n) is 5.94. The average molecular weight is 326 g/mol. The number of nitriles is 1. The highest BCUT2D eigenvalue weighted by atomic mass is 32.1. The third kappa shape index (κ3) is 3.35. The molecule has 1 aliphatic rings. The first-order valence-electron chi connectivity index (χ1n) is 7.59. The molecule has 0 aliphatic heterocycles. The Morgan fingerprint density at radius 1 is 1.61 bits per heavy atom. The van der Waals surface area contributed by atoms with Gasteiger partial charge in [-0.05, 0) is 36.8 Å². The van der Waals surface area contributed by atoms with E-state index in [1.807, 2.05) is 13.2 Å². The van der Waals surface area contributed by atoms with Crippen LogP contribution in [-0.2, 0) is 24.7 Å². The molecule has 23 heavy (non-hydrogen) atoms. The zero-order valence-electron chi connectivity index (χ0n) is 13.2. The van der Waals surface area contributed by atoms with Crippen LogP contribution in [0.5, 0.6) is 0 Å². The molecule has 6 heteroatoms. The van der Waals surface area contributed by atoms with Gasteiger partial charge in [0.15, 0.2) is 0 Å². The molecule has 2 aromatic heterocycles. The Bertz CT molecular complexity index is 809. The molecular formula is C17H18N4OS. The lowest BCUT2D eigenvalue weighted by Crippen LogP contribution is -2.10. The number of hydrogen-bond donors (Lipinski definition) is 1. The number of amides is 1. The Hall–Kier alpha value is -2.39. The summed E-state index contributed by atoms with van der Waals surface area (Å²) in [4.78, 5) is 13.4. The minimum atomic E-state index is -0.225. The van der Waals surface area contributed by atoms with Gasteiger partial charge in [0, 0.05) is 29.8 Å². The molecule has 0 aromatic carbocycles. The molecule has 3 rings (SSSR count). The van der Waals surface area contributed by atoms with Crippen molar-refractivity contribution >= 4 is 28.3 Å². The van der Waals surface area contributed by atoms with Crippen molar-refractivity contribution < 1.29 is 4.79 Å². The second-order valence-corrected chi connectivity index (χ2v) is 7.04. The van der Waals surface area contributed by atoms with E-state index in [1.165, 1.54) is 22.3 Å². The third-order valence-electron chi connectivity index (χ3n) is 4.01. The fourth-order valence-corrected chi connectivity index (χ4v) is 4.17. The van der Waals surface area contributed by atoms with Gasteiger partial charge in [-0.15, -0.1) is 11.3 Å². The molecular weight excluding hydrogens is 308 g/mol. The normalized spacial score (nSPS) is 17.0. The Balaban J connectivity index is 1.76. The van der Waals surface area contributed by atoms with E-state index in [0.717, 1.165) is 30.4 Å². The van der Waals surface area contributed by atoms with E-state index in [2.05, 4.69) is 23.4 Å². The fraction of sp³-hybridized carbons (Fsp3) is 0.353. The summed E-state index contributed by atoms with van der Waals surface area (Å²) in [7, 11) is 1.83. The van der Waals surface area contributed by atoms with Crippen LogP contribution in [0.2, 0.25) is 0 Å². The molecule has 0 bridgehead atoms. The maximum absolute atomic E-state index is 12.1. The van der Waals surface area contributed by atoms with Crippen LogP contribution in [0.25, 0.3) is 6.08 Å². The molecule has 0 unspecified atom stereocenters. The molecule has 0 fully saturated rings. The number of nitrogens with zero attached hydrogens (tertiary/aromatic N) is 3. The number of carbonyl (C=O) groups excluding carboxylic acids is 1. The van der Waals surface area contributed by atoms with E-state index in [4.69, 9.17) is 0 Å². The topological polar surface area (TPSA) is 70.7 Å². The molecule has 0 spiro atoms. The fourth-order valence-electron chi connectivity index (χ4n) is 2.81. The maximum atomic E-state index is 12.1. The van der Waals surface area contributed by atoms with Crippen LogP contribution in [0, 0.1) is 17.2 Å². The van der Waals surface area contributed by atoms with Gasteiger partial charge in [0.25, 0.3) is 0 Å².